The van der Waals surface area contributed by atoms with Crippen molar-refractivity contribution in [3.8, 4) is 0 Å². The number of rotatable bonds is 11. The van der Waals surface area contributed by atoms with Gasteiger partial charge in [0.15, 0.2) is 0 Å². The quantitative estimate of drug-likeness (QED) is 0.515. The zero-order valence-corrected chi connectivity index (χ0v) is 19.6. The van der Waals surface area contributed by atoms with Crippen LogP contribution >= 0.6 is 23.4 Å². The van der Waals surface area contributed by atoms with E-state index in [9.17, 15) is 9.59 Å². The topological polar surface area (TPSA) is 49.4 Å². The average molecular weight is 447 g/mol. The molecule has 2 amide bonds. The molecule has 1 N–H and O–H groups in total. The van der Waals surface area contributed by atoms with Crippen LogP contribution in [0.4, 0.5) is 0 Å². The summed E-state index contributed by atoms with van der Waals surface area (Å²) >= 11 is 7.90. The van der Waals surface area contributed by atoms with Crippen molar-refractivity contribution in [1.82, 2.24) is 10.2 Å². The summed E-state index contributed by atoms with van der Waals surface area (Å²) in [5.74, 6) is 0.912. The third-order valence-electron chi connectivity index (χ3n) is 4.85. The van der Waals surface area contributed by atoms with Crippen molar-refractivity contribution in [3.05, 3.63) is 70.2 Å². The maximum Gasteiger partial charge on any atom is 0.242 e. The van der Waals surface area contributed by atoms with Crippen molar-refractivity contribution in [2.75, 3.05) is 12.3 Å². The van der Waals surface area contributed by atoms with Gasteiger partial charge in [-0.05, 0) is 37.0 Å². The fourth-order valence-electron chi connectivity index (χ4n) is 3.12. The Balaban J connectivity index is 2.11. The average Bonchev–Trinajstić information content (AvgIpc) is 2.74. The highest BCUT2D eigenvalue weighted by atomic mass is 35.5. The largest absolute Gasteiger partial charge is 0.354 e. The third-order valence-corrected chi connectivity index (χ3v) is 6.21. The van der Waals surface area contributed by atoms with E-state index in [0.29, 0.717) is 30.3 Å². The molecular weight excluding hydrogens is 416 g/mol. The van der Waals surface area contributed by atoms with Gasteiger partial charge in [0.2, 0.25) is 11.8 Å². The van der Waals surface area contributed by atoms with Crippen molar-refractivity contribution in [2.45, 2.75) is 52.0 Å². The SMILES string of the molecule is CCCNC(=O)[C@@H](CC)N(Cc1ccccc1Cl)C(=O)CSCc1ccc(C)cc1. The first-order chi connectivity index (χ1) is 14.5. The molecule has 2 aromatic carbocycles. The van der Waals surface area contributed by atoms with Gasteiger partial charge in [-0.25, -0.2) is 0 Å². The van der Waals surface area contributed by atoms with Crippen molar-refractivity contribution < 1.29 is 9.59 Å². The summed E-state index contributed by atoms with van der Waals surface area (Å²) in [5, 5.41) is 3.54. The number of benzene rings is 2. The van der Waals surface area contributed by atoms with Gasteiger partial charge in [0.05, 0.1) is 5.75 Å². The van der Waals surface area contributed by atoms with Crippen LogP contribution in [-0.4, -0.2) is 35.1 Å². The summed E-state index contributed by atoms with van der Waals surface area (Å²) in [6, 6.07) is 15.3. The van der Waals surface area contributed by atoms with Gasteiger partial charge < -0.3 is 10.2 Å². The number of nitrogens with zero attached hydrogens (tertiary/aromatic N) is 1. The number of aryl methyl sites for hydroxylation is 1. The molecule has 2 aromatic rings. The van der Waals surface area contributed by atoms with E-state index >= 15 is 0 Å². The number of carbonyl (C=O) groups excluding carboxylic acids is 2. The molecule has 0 saturated heterocycles. The summed E-state index contributed by atoms with van der Waals surface area (Å²) in [5.41, 5.74) is 3.25. The Kier molecular flexibility index (Phi) is 10.2. The lowest BCUT2D eigenvalue weighted by Gasteiger charge is -2.31. The highest BCUT2D eigenvalue weighted by Gasteiger charge is 2.28. The highest BCUT2D eigenvalue weighted by Crippen LogP contribution is 2.21. The van der Waals surface area contributed by atoms with Crippen molar-refractivity contribution in [2.24, 2.45) is 0 Å². The molecular formula is C24H31ClN2O2S. The Hall–Kier alpha value is -1.98. The maximum absolute atomic E-state index is 13.2. The molecule has 0 unspecified atom stereocenters. The Morgan fingerprint density at radius 1 is 1.10 bits per heavy atom. The summed E-state index contributed by atoms with van der Waals surface area (Å²) < 4.78 is 0. The monoisotopic (exact) mass is 446 g/mol. The van der Waals surface area contributed by atoms with Crippen LogP contribution < -0.4 is 5.32 Å². The van der Waals surface area contributed by atoms with E-state index in [4.69, 9.17) is 11.6 Å². The van der Waals surface area contributed by atoms with E-state index in [1.165, 1.54) is 11.1 Å². The van der Waals surface area contributed by atoms with Crippen LogP contribution in [0.2, 0.25) is 5.02 Å². The molecule has 0 heterocycles. The van der Waals surface area contributed by atoms with E-state index in [0.717, 1.165) is 17.7 Å². The predicted octanol–water partition coefficient (Wildman–Crippen LogP) is 5.22. The summed E-state index contributed by atoms with van der Waals surface area (Å²) in [6.45, 7) is 6.92. The van der Waals surface area contributed by atoms with Crippen molar-refractivity contribution in [3.63, 3.8) is 0 Å². The van der Waals surface area contributed by atoms with Crippen molar-refractivity contribution >= 4 is 35.2 Å². The van der Waals surface area contributed by atoms with Crippen LogP contribution in [0.3, 0.4) is 0 Å². The molecule has 0 aliphatic rings. The first-order valence-corrected chi connectivity index (χ1v) is 11.9. The molecule has 0 aliphatic carbocycles. The summed E-state index contributed by atoms with van der Waals surface area (Å²) in [4.78, 5) is 27.6. The van der Waals surface area contributed by atoms with E-state index in [-0.39, 0.29) is 11.8 Å². The molecule has 6 heteroatoms. The minimum atomic E-state index is -0.514. The maximum atomic E-state index is 13.2. The lowest BCUT2D eigenvalue weighted by Crippen LogP contribution is -2.49. The minimum Gasteiger partial charge on any atom is -0.354 e. The van der Waals surface area contributed by atoms with Gasteiger partial charge in [0.25, 0.3) is 0 Å². The summed E-state index contributed by atoms with van der Waals surface area (Å²) in [7, 11) is 0. The molecule has 0 saturated carbocycles. The van der Waals surface area contributed by atoms with Gasteiger partial charge in [-0.3, -0.25) is 9.59 Å². The molecule has 162 valence electrons. The fourth-order valence-corrected chi connectivity index (χ4v) is 4.19. The van der Waals surface area contributed by atoms with Gasteiger partial charge >= 0.3 is 0 Å². The molecule has 0 bridgehead atoms. The fraction of sp³-hybridized carbons (Fsp3) is 0.417. The number of halogens is 1. The van der Waals surface area contributed by atoms with Gasteiger partial charge in [-0.15, -0.1) is 11.8 Å². The Morgan fingerprint density at radius 3 is 2.43 bits per heavy atom. The molecule has 0 aliphatic heterocycles. The Morgan fingerprint density at radius 2 is 1.80 bits per heavy atom. The van der Waals surface area contributed by atoms with Crippen molar-refractivity contribution in [1.29, 1.82) is 0 Å². The predicted molar refractivity (Wildman–Crippen MR) is 127 cm³/mol. The number of carbonyl (C=O) groups is 2. The number of nitrogens with one attached hydrogen (secondary N) is 1. The number of thioether (sulfide) groups is 1. The lowest BCUT2D eigenvalue weighted by atomic mass is 10.1. The lowest BCUT2D eigenvalue weighted by molar-refractivity contribution is -0.139. The van der Waals surface area contributed by atoms with Crippen LogP contribution in [0.1, 0.15) is 43.4 Å². The van der Waals surface area contributed by atoms with E-state index in [1.807, 2.05) is 38.1 Å². The molecule has 0 radical (unpaired) electrons. The molecule has 1 atom stereocenters. The first kappa shape index (κ1) is 24.3. The van der Waals surface area contributed by atoms with Gasteiger partial charge in [0, 0.05) is 23.9 Å². The van der Waals surface area contributed by atoms with E-state index in [2.05, 4.69) is 36.5 Å². The van der Waals surface area contributed by atoms with Gasteiger partial charge in [-0.2, -0.15) is 0 Å². The van der Waals surface area contributed by atoms with E-state index in [1.54, 1.807) is 16.7 Å². The number of amides is 2. The van der Waals surface area contributed by atoms with Crippen LogP contribution in [0.25, 0.3) is 0 Å². The highest BCUT2D eigenvalue weighted by molar-refractivity contribution is 7.99. The van der Waals surface area contributed by atoms with Gasteiger partial charge in [0.1, 0.15) is 6.04 Å². The Labute approximate surface area is 189 Å². The van der Waals surface area contributed by atoms with Gasteiger partial charge in [-0.1, -0.05) is 73.5 Å². The van der Waals surface area contributed by atoms with Crippen LogP contribution in [-0.2, 0) is 21.9 Å². The molecule has 0 aromatic heterocycles. The molecule has 0 spiro atoms. The third kappa shape index (κ3) is 7.37. The van der Waals surface area contributed by atoms with Crippen LogP contribution in [0.15, 0.2) is 48.5 Å². The minimum absolute atomic E-state index is 0.0504. The molecule has 2 rings (SSSR count). The standard InChI is InChI=1S/C24H31ClN2O2S/c1-4-14-26-24(29)22(5-2)27(15-20-8-6-7-9-21(20)25)23(28)17-30-16-19-12-10-18(3)11-13-19/h6-13,22H,4-5,14-17H2,1-3H3,(H,26,29)/t22-/m1/s1. The first-order valence-electron chi connectivity index (χ1n) is 10.4. The normalized spacial score (nSPS) is 11.7. The Bertz CT molecular complexity index is 826. The molecule has 0 fully saturated rings. The second-order valence-corrected chi connectivity index (χ2v) is 8.70. The number of hydrogen-bond acceptors (Lipinski definition) is 3. The second kappa shape index (κ2) is 12.7. The number of hydrogen-bond donors (Lipinski definition) is 1. The van der Waals surface area contributed by atoms with E-state index < -0.39 is 6.04 Å². The van der Waals surface area contributed by atoms with Crippen LogP contribution in [0.5, 0.6) is 0 Å². The molecule has 30 heavy (non-hydrogen) atoms. The molecule has 4 nitrogen and oxygen atoms in total. The zero-order chi connectivity index (χ0) is 21.9. The second-order valence-electron chi connectivity index (χ2n) is 7.31. The summed E-state index contributed by atoms with van der Waals surface area (Å²) in [6.07, 6.45) is 1.40. The van der Waals surface area contributed by atoms with Crippen LogP contribution in [0, 0.1) is 6.92 Å². The smallest absolute Gasteiger partial charge is 0.242 e. The zero-order valence-electron chi connectivity index (χ0n) is 18.0.